The van der Waals surface area contributed by atoms with Gasteiger partial charge in [0.15, 0.2) is 0 Å². The van der Waals surface area contributed by atoms with Crippen molar-refractivity contribution in [1.82, 2.24) is 0 Å². The molecule has 5 rings (SSSR count). The van der Waals surface area contributed by atoms with Gasteiger partial charge in [-0.05, 0) is 91.6 Å². The Balaban J connectivity index is 0.000000216. The van der Waals surface area contributed by atoms with Crippen molar-refractivity contribution in [3.8, 4) is 0 Å². The van der Waals surface area contributed by atoms with Gasteiger partial charge in [-0.3, -0.25) is 9.59 Å². The van der Waals surface area contributed by atoms with E-state index in [0.29, 0.717) is 30.4 Å². The van der Waals surface area contributed by atoms with E-state index >= 15 is 0 Å². The van der Waals surface area contributed by atoms with Crippen molar-refractivity contribution in [2.24, 2.45) is 11.8 Å². The molecule has 11 heteroatoms. The molecular weight excluding hydrogens is 639 g/mol. The predicted octanol–water partition coefficient (Wildman–Crippen LogP) is 8.37. The Bertz CT molecular complexity index is 1460. The molecule has 45 heavy (non-hydrogen) atoms. The van der Waals surface area contributed by atoms with Gasteiger partial charge in [-0.2, -0.15) is 4.79 Å². The lowest BCUT2D eigenvalue weighted by molar-refractivity contribution is -0.145. The summed E-state index contributed by atoms with van der Waals surface area (Å²) in [6, 6.07) is 22.6. The number of esters is 2. The van der Waals surface area contributed by atoms with Crippen molar-refractivity contribution in [2.45, 2.75) is 38.5 Å². The quantitative estimate of drug-likeness (QED) is 0.111. The topological polar surface area (TPSA) is 126 Å². The van der Waals surface area contributed by atoms with E-state index in [4.69, 9.17) is 50.2 Å². The van der Waals surface area contributed by atoms with E-state index in [1.165, 1.54) is 5.56 Å². The molecular formula is C34H35Cl3N2O6. The van der Waals surface area contributed by atoms with E-state index in [1.807, 2.05) is 67.6 Å². The van der Waals surface area contributed by atoms with Gasteiger partial charge >= 0.3 is 24.1 Å². The highest BCUT2D eigenvalue weighted by molar-refractivity contribution is 6.31. The largest absolute Gasteiger partial charge is 0.481 e. The van der Waals surface area contributed by atoms with Crippen LogP contribution in [0.2, 0.25) is 15.1 Å². The fraction of sp³-hybridized carbons (Fsp3) is 0.294. The van der Waals surface area contributed by atoms with Gasteiger partial charge in [-0.1, -0.05) is 83.9 Å². The Morgan fingerprint density at radius 1 is 0.800 bits per heavy atom. The van der Waals surface area contributed by atoms with E-state index in [2.05, 4.69) is 16.1 Å². The van der Waals surface area contributed by atoms with Gasteiger partial charge < -0.3 is 20.1 Å². The van der Waals surface area contributed by atoms with Crippen LogP contribution in [0.3, 0.4) is 0 Å². The van der Waals surface area contributed by atoms with Crippen LogP contribution in [0.4, 0.5) is 0 Å². The second kappa shape index (κ2) is 19.4. The first-order valence-corrected chi connectivity index (χ1v) is 15.3. The van der Waals surface area contributed by atoms with Crippen LogP contribution >= 0.6 is 34.8 Å². The van der Waals surface area contributed by atoms with Crippen molar-refractivity contribution >= 4 is 65.0 Å². The monoisotopic (exact) mass is 672 g/mol. The molecule has 4 atom stereocenters. The maximum Gasteiger partial charge on any atom is 0.413 e. The summed E-state index contributed by atoms with van der Waals surface area (Å²) in [5.41, 5.74) is 11.1. The zero-order chi connectivity index (χ0) is 33.4. The maximum atomic E-state index is 11.4. The molecule has 8 nitrogen and oxygen atoms in total. The highest BCUT2D eigenvalue weighted by atomic mass is 35.5. The summed E-state index contributed by atoms with van der Waals surface area (Å²) in [4.78, 5) is 34.6. The molecule has 0 aromatic heterocycles. The maximum absolute atomic E-state index is 11.4. The number of nitrogens with zero attached hydrogens (tertiary/aromatic N) is 2. The second-order valence-corrected chi connectivity index (χ2v) is 11.2. The number of carbonyl (C=O) groups is 3. The third-order valence-corrected chi connectivity index (χ3v) is 7.40. The van der Waals surface area contributed by atoms with Crippen LogP contribution in [-0.2, 0) is 23.9 Å². The number of ether oxygens (including phenoxy) is 2. The van der Waals surface area contributed by atoms with Gasteiger partial charge in [0.25, 0.3) is 0 Å². The van der Waals surface area contributed by atoms with Crippen LogP contribution in [-0.4, -0.2) is 47.2 Å². The molecule has 2 saturated carbocycles. The van der Waals surface area contributed by atoms with Crippen molar-refractivity contribution in [1.29, 1.82) is 0 Å². The van der Waals surface area contributed by atoms with E-state index < -0.39 is 11.9 Å². The molecule has 2 aliphatic rings. The number of benzene rings is 3. The lowest BCUT2D eigenvalue weighted by Crippen LogP contribution is -2.07. The van der Waals surface area contributed by atoms with Gasteiger partial charge in [0, 0.05) is 15.1 Å². The van der Waals surface area contributed by atoms with Crippen LogP contribution in [0.5, 0.6) is 0 Å². The first-order chi connectivity index (χ1) is 21.5. The van der Waals surface area contributed by atoms with Crippen molar-refractivity contribution in [3.05, 3.63) is 117 Å². The van der Waals surface area contributed by atoms with Gasteiger partial charge in [0.1, 0.15) is 0 Å². The normalized spacial score (nSPS) is 18.3. The third kappa shape index (κ3) is 13.7. The molecule has 0 bridgehead atoms. The van der Waals surface area contributed by atoms with Gasteiger partial charge in [-0.25, -0.2) is 4.79 Å². The predicted molar refractivity (Wildman–Crippen MR) is 177 cm³/mol. The number of carboxylic acids is 1. The lowest BCUT2D eigenvalue weighted by Gasteiger charge is -2.01. The van der Waals surface area contributed by atoms with Crippen LogP contribution in [0.25, 0.3) is 11.6 Å². The lowest BCUT2D eigenvalue weighted by atomic mass is 10.1. The molecule has 0 saturated heterocycles. The molecule has 4 unspecified atom stereocenters. The summed E-state index contributed by atoms with van der Waals surface area (Å²) in [5, 5.41) is 10.9. The number of hydrogen-bond donors (Lipinski definition) is 1. The fourth-order valence-electron chi connectivity index (χ4n) is 4.15. The summed E-state index contributed by atoms with van der Waals surface area (Å²) in [6.45, 7) is 7.88. The Labute approximate surface area is 278 Å². The second-order valence-electron chi connectivity index (χ2n) is 9.84. The van der Waals surface area contributed by atoms with E-state index in [-0.39, 0.29) is 23.7 Å². The molecule has 1 N–H and O–H groups in total. The summed E-state index contributed by atoms with van der Waals surface area (Å²) >= 11 is 17.1. The SMILES string of the molecule is C=Cc1ccc(Cl)cc1.CCOC(=O)C1CC1c1ccc(Cl)cc1.CCOC(=O)C=[N+]=[N-].O=C(O)C1CC1c1ccc(Cl)cc1. The number of rotatable bonds is 8. The third-order valence-electron chi connectivity index (χ3n) is 6.64. The van der Waals surface area contributed by atoms with E-state index in [1.54, 1.807) is 25.1 Å². The molecule has 0 heterocycles. The molecule has 238 valence electrons. The minimum atomic E-state index is -0.694. The van der Waals surface area contributed by atoms with Crippen molar-refractivity contribution < 1.29 is 33.8 Å². The Kier molecular flexibility index (Phi) is 16.1. The van der Waals surface area contributed by atoms with Gasteiger partial charge in [0.2, 0.25) is 0 Å². The van der Waals surface area contributed by atoms with E-state index in [9.17, 15) is 14.4 Å². The fourth-order valence-corrected chi connectivity index (χ4v) is 4.53. The number of halogens is 3. The molecule has 0 radical (unpaired) electrons. The summed E-state index contributed by atoms with van der Waals surface area (Å²) < 4.78 is 9.31. The molecule has 0 amide bonds. The zero-order valence-electron chi connectivity index (χ0n) is 24.9. The summed E-state index contributed by atoms with van der Waals surface area (Å²) in [5.74, 6) is -0.976. The van der Waals surface area contributed by atoms with Crippen LogP contribution < -0.4 is 0 Å². The highest BCUT2D eigenvalue weighted by Gasteiger charge is 2.45. The number of carbonyl (C=O) groups excluding carboxylic acids is 2. The van der Waals surface area contributed by atoms with Crippen LogP contribution in [0.1, 0.15) is 55.2 Å². The van der Waals surface area contributed by atoms with Crippen molar-refractivity contribution in [2.75, 3.05) is 13.2 Å². The average molecular weight is 674 g/mol. The standard InChI is InChI=1S/C12H13ClO2.C10H9ClO2.C8H7Cl.C4H6N2O2/c1-2-15-12(14)11-7-10(11)8-3-5-9(13)6-4-8;11-7-3-1-6(2-4-7)8-5-9(8)10(12)13;1-2-7-3-5-8(9)6-4-7;1-2-8-4(7)3-6-5/h3-6,10-11H,2,7H2,1H3;1-4,8-9H,5H2,(H,12,13);2-6H,1H2;3H,2H2,1H3. The van der Waals surface area contributed by atoms with Gasteiger partial charge in [-0.15, -0.1) is 0 Å². The Morgan fingerprint density at radius 2 is 1.22 bits per heavy atom. The minimum Gasteiger partial charge on any atom is -0.481 e. The number of carboxylic acid groups (broad SMARTS) is 1. The average Bonchev–Trinajstić information content (AvgIpc) is 3.95. The number of hydrogen-bond acceptors (Lipinski definition) is 5. The first-order valence-electron chi connectivity index (χ1n) is 14.2. The molecule has 3 aromatic rings. The molecule has 2 aliphatic carbocycles. The molecule has 0 spiro atoms. The highest BCUT2D eigenvalue weighted by Crippen LogP contribution is 2.48. The van der Waals surface area contributed by atoms with Gasteiger partial charge in [0.05, 0.1) is 25.0 Å². The molecule has 0 aliphatic heterocycles. The Hall–Kier alpha value is -3.94. The smallest absolute Gasteiger partial charge is 0.413 e. The zero-order valence-corrected chi connectivity index (χ0v) is 27.2. The number of aliphatic carboxylic acids is 1. The van der Waals surface area contributed by atoms with Crippen molar-refractivity contribution in [3.63, 3.8) is 0 Å². The molecule has 2 fully saturated rings. The minimum absolute atomic E-state index is 0.0612. The Morgan fingerprint density at radius 3 is 1.60 bits per heavy atom. The summed E-state index contributed by atoms with van der Waals surface area (Å²) in [6.07, 6.45) is 4.15. The summed E-state index contributed by atoms with van der Waals surface area (Å²) in [7, 11) is 0. The molecule has 3 aromatic carbocycles. The van der Waals surface area contributed by atoms with Crippen LogP contribution in [0.15, 0.2) is 79.4 Å². The first kappa shape index (κ1) is 37.2. The van der Waals surface area contributed by atoms with Crippen LogP contribution in [0, 0.1) is 11.8 Å². The van der Waals surface area contributed by atoms with E-state index in [0.717, 1.165) is 34.0 Å².